The number of hydrogen-bond donors (Lipinski definition) is 1. The Hall–Kier alpha value is -3.16. The predicted octanol–water partition coefficient (Wildman–Crippen LogP) is 7.40. The summed E-state index contributed by atoms with van der Waals surface area (Å²) in [4.78, 5) is 18.0. The monoisotopic (exact) mass is 458 g/mol. The van der Waals surface area contributed by atoms with Crippen molar-refractivity contribution in [2.24, 2.45) is 0 Å². The average molecular weight is 459 g/mol. The van der Waals surface area contributed by atoms with Crippen LogP contribution in [0.5, 0.6) is 0 Å². The molecule has 4 aromatic rings. The van der Waals surface area contributed by atoms with E-state index in [2.05, 4.69) is 10.3 Å². The van der Waals surface area contributed by atoms with E-state index in [9.17, 15) is 18.0 Å². The van der Waals surface area contributed by atoms with Gasteiger partial charge < -0.3 is 5.32 Å². The van der Waals surface area contributed by atoms with Gasteiger partial charge in [-0.05, 0) is 18.2 Å². The lowest BCUT2D eigenvalue weighted by molar-refractivity contribution is -0.137. The highest BCUT2D eigenvalue weighted by Gasteiger charge is 2.33. The summed E-state index contributed by atoms with van der Waals surface area (Å²) >= 11 is 6.85. The molecule has 0 aliphatic carbocycles. The summed E-state index contributed by atoms with van der Waals surface area (Å²) in [5.74, 6) is -0.547. The number of hydrogen-bond acceptors (Lipinski definition) is 3. The number of anilines is 1. The van der Waals surface area contributed by atoms with Crippen LogP contribution in [0, 0.1) is 0 Å². The Morgan fingerprint density at radius 2 is 1.52 bits per heavy atom. The van der Waals surface area contributed by atoms with Gasteiger partial charge in [0.15, 0.2) is 0 Å². The van der Waals surface area contributed by atoms with Crippen LogP contribution < -0.4 is 5.32 Å². The number of halogens is 4. The summed E-state index contributed by atoms with van der Waals surface area (Å²) in [6.07, 6.45) is -4.63. The molecule has 31 heavy (non-hydrogen) atoms. The van der Waals surface area contributed by atoms with Crippen molar-refractivity contribution in [2.45, 2.75) is 6.18 Å². The first kappa shape index (κ1) is 21.1. The van der Waals surface area contributed by atoms with Crippen molar-refractivity contribution in [2.75, 3.05) is 5.32 Å². The molecule has 0 bridgehead atoms. The number of nitrogens with zero attached hydrogens (tertiary/aromatic N) is 1. The molecule has 1 N–H and O–H groups in total. The Kier molecular flexibility index (Phi) is 5.80. The van der Waals surface area contributed by atoms with Gasteiger partial charge in [0.05, 0.1) is 16.3 Å². The maximum atomic E-state index is 13.2. The molecule has 8 heteroatoms. The fourth-order valence-electron chi connectivity index (χ4n) is 2.98. The van der Waals surface area contributed by atoms with Crippen molar-refractivity contribution in [3.63, 3.8) is 0 Å². The molecule has 0 atom stereocenters. The highest BCUT2D eigenvalue weighted by atomic mass is 35.5. The van der Waals surface area contributed by atoms with Crippen molar-refractivity contribution in [3.8, 4) is 21.8 Å². The predicted molar refractivity (Wildman–Crippen MR) is 117 cm³/mol. The fourth-order valence-corrected chi connectivity index (χ4v) is 4.19. The van der Waals surface area contributed by atoms with Crippen LogP contribution in [0.25, 0.3) is 21.8 Å². The molecule has 1 heterocycles. The van der Waals surface area contributed by atoms with Gasteiger partial charge >= 0.3 is 6.18 Å². The van der Waals surface area contributed by atoms with Crippen molar-refractivity contribution >= 4 is 34.5 Å². The molecule has 4 rings (SSSR count). The van der Waals surface area contributed by atoms with E-state index in [0.717, 1.165) is 23.3 Å². The normalized spacial score (nSPS) is 11.4. The van der Waals surface area contributed by atoms with E-state index in [1.165, 1.54) is 17.4 Å². The van der Waals surface area contributed by atoms with Gasteiger partial charge in [-0.25, -0.2) is 4.98 Å². The summed E-state index contributed by atoms with van der Waals surface area (Å²) in [7, 11) is 0. The van der Waals surface area contributed by atoms with Crippen LogP contribution >= 0.6 is 22.9 Å². The molecule has 0 aliphatic rings. The van der Waals surface area contributed by atoms with Gasteiger partial charge in [0.25, 0.3) is 5.91 Å². The van der Waals surface area contributed by atoms with Gasteiger partial charge in [0.1, 0.15) is 9.88 Å². The summed E-state index contributed by atoms with van der Waals surface area (Å²) < 4.78 is 39.5. The van der Waals surface area contributed by atoms with Crippen molar-refractivity contribution < 1.29 is 18.0 Å². The van der Waals surface area contributed by atoms with E-state index in [1.54, 1.807) is 0 Å². The van der Waals surface area contributed by atoms with Gasteiger partial charge in [0.2, 0.25) is 0 Å². The van der Waals surface area contributed by atoms with Crippen LogP contribution in [0.4, 0.5) is 18.9 Å². The smallest absolute Gasteiger partial charge is 0.321 e. The molecule has 0 saturated heterocycles. The standard InChI is InChI=1S/C23H14ClF3N2OS/c24-18-12-11-16(13-17(18)23(25,26)27)28-21(30)20-19(14-7-3-1-4-8-14)29-22(31-20)15-9-5-2-6-10-15/h1-13H,(H,28,30). The second-order valence-electron chi connectivity index (χ2n) is 6.58. The molecule has 1 amide bonds. The lowest BCUT2D eigenvalue weighted by Crippen LogP contribution is -2.13. The number of carbonyl (C=O) groups is 1. The van der Waals surface area contributed by atoms with Crippen LogP contribution in [0.2, 0.25) is 5.02 Å². The average Bonchev–Trinajstić information content (AvgIpc) is 3.21. The minimum atomic E-state index is -4.63. The number of aromatic nitrogens is 1. The Bertz CT molecular complexity index is 1220. The fraction of sp³-hybridized carbons (Fsp3) is 0.0435. The molecule has 0 saturated carbocycles. The third kappa shape index (κ3) is 4.62. The highest BCUT2D eigenvalue weighted by molar-refractivity contribution is 7.17. The zero-order chi connectivity index (χ0) is 22.0. The summed E-state index contributed by atoms with van der Waals surface area (Å²) in [5.41, 5.74) is 1.03. The maximum absolute atomic E-state index is 13.2. The molecular weight excluding hydrogens is 445 g/mol. The van der Waals surface area contributed by atoms with E-state index >= 15 is 0 Å². The molecule has 0 fully saturated rings. The van der Waals surface area contributed by atoms with E-state index in [0.29, 0.717) is 15.6 Å². The Morgan fingerprint density at radius 1 is 0.903 bits per heavy atom. The topological polar surface area (TPSA) is 42.0 Å². The lowest BCUT2D eigenvalue weighted by atomic mass is 10.1. The Labute approximate surface area is 185 Å². The summed E-state index contributed by atoms with van der Waals surface area (Å²) in [6, 6.07) is 21.8. The largest absolute Gasteiger partial charge is 0.417 e. The second-order valence-corrected chi connectivity index (χ2v) is 7.98. The Balaban J connectivity index is 1.73. The first-order chi connectivity index (χ1) is 14.8. The number of rotatable bonds is 4. The first-order valence-electron chi connectivity index (χ1n) is 9.12. The summed E-state index contributed by atoms with van der Waals surface area (Å²) in [5, 5.41) is 2.75. The van der Waals surface area contributed by atoms with Crippen molar-refractivity contribution in [1.82, 2.24) is 4.98 Å². The molecular formula is C23H14ClF3N2OS. The van der Waals surface area contributed by atoms with Crippen LogP contribution in [0.1, 0.15) is 15.2 Å². The third-order valence-electron chi connectivity index (χ3n) is 4.43. The van der Waals surface area contributed by atoms with Gasteiger partial charge in [-0.2, -0.15) is 13.2 Å². The molecule has 156 valence electrons. The van der Waals surface area contributed by atoms with E-state index in [1.807, 2.05) is 60.7 Å². The molecule has 3 nitrogen and oxygen atoms in total. The van der Waals surface area contributed by atoms with E-state index < -0.39 is 22.7 Å². The molecule has 0 aliphatic heterocycles. The lowest BCUT2D eigenvalue weighted by Gasteiger charge is -2.11. The molecule has 0 spiro atoms. The van der Waals surface area contributed by atoms with Gasteiger partial charge in [-0.3, -0.25) is 4.79 Å². The number of carbonyl (C=O) groups excluding carboxylic acids is 1. The quantitative estimate of drug-likeness (QED) is 0.346. The molecule has 3 aromatic carbocycles. The molecule has 0 unspecified atom stereocenters. The second kappa shape index (κ2) is 8.53. The van der Waals surface area contributed by atoms with Crippen LogP contribution in [-0.2, 0) is 6.18 Å². The number of amides is 1. The van der Waals surface area contributed by atoms with Crippen LogP contribution in [-0.4, -0.2) is 10.9 Å². The van der Waals surface area contributed by atoms with Crippen molar-refractivity contribution in [1.29, 1.82) is 0 Å². The van der Waals surface area contributed by atoms with Gasteiger partial charge in [-0.1, -0.05) is 72.3 Å². The zero-order valence-electron chi connectivity index (χ0n) is 15.8. The number of nitrogens with one attached hydrogen (secondary N) is 1. The molecule has 1 aromatic heterocycles. The van der Waals surface area contributed by atoms with Crippen LogP contribution in [0.3, 0.4) is 0 Å². The number of thiazole rings is 1. The highest BCUT2D eigenvalue weighted by Crippen LogP contribution is 2.37. The number of alkyl halides is 3. The minimum Gasteiger partial charge on any atom is -0.321 e. The first-order valence-corrected chi connectivity index (χ1v) is 10.3. The number of benzene rings is 3. The Morgan fingerprint density at radius 3 is 2.13 bits per heavy atom. The van der Waals surface area contributed by atoms with Gasteiger partial charge in [-0.15, -0.1) is 11.3 Å². The summed E-state index contributed by atoms with van der Waals surface area (Å²) in [6.45, 7) is 0. The zero-order valence-corrected chi connectivity index (χ0v) is 17.4. The van der Waals surface area contributed by atoms with Gasteiger partial charge in [0, 0.05) is 16.8 Å². The SMILES string of the molecule is O=C(Nc1ccc(Cl)c(C(F)(F)F)c1)c1sc(-c2ccccc2)nc1-c1ccccc1. The minimum absolute atomic E-state index is 0.00426. The molecule has 0 radical (unpaired) electrons. The van der Waals surface area contributed by atoms with E-state index in [4.69, 9.17) is 11.6 Å². The van der Waals surface area contributed by atoms with Crippen molar-refractivity contribution in [3.05, 3.63) is 94.3 Å². The maximum Gasteiger partial charge on any atom is 0.417 e. The third-order valence-corrected chi connectivity index (χ3v) is 5.86. The van der Waals surface area contributed by atoms with Crippen LogP contribution in [0.15, 0.2) is 78.9 Å². The van der Waals surface area contributed by atoms with E-state index in [-0.39, 0.29) is 5.69 Å².